The topological polar surface area (TPSA) is 35.6 Å². The molecule has 1 fully saturated rings. The summed E-state index contributed by atoms with van der Waals surface area (Å²) < 4.78 is 0. The van der Waals surface area contributed by atoms with Gasteiger partial charge in [-0.3, -0.25) is 0 Å². The lowest BCUT2D eigenvalue weighted by molar-refractivity contribution is 0.200. The largest absolute Gasteiger partial charge is 0.365 e. The molecule has 4 nitrogen and oxygen atoms in total. The standard InChI is InChI=1S/C19H23N3O/c1-15-8-10-18(11-9-15)22-13-12-21(14-16(22)2)19(23)20-17-6-4-3-5-7-17/h3-11,16H,12-14H2,1-2H3,(H,20,23)/t16-/m1/s1. The monoisotopic (exact) mass is 309 g/mol. The molecule has 0 aliphatic carbocycles. The average Bonchev–Trinajstić information content (AvgIpc) is 2.57. The number of para-hydroxylation sites is 1. The minimum atomic E-state index is -0.0217. The lowest BCUT2D eigenvalue weighted by atomic mass is 10.1. The predicted octanol–water partition coefficient (Wildman–Crippen LogP) is 3.74. The number of nitrogens with zero attached hydrogens (tertiary/aromatic N) is 2. The molecule has 0 bridgehead atoms. The third-order valence-corrected chi connectivity index (χ3v) is 4.31. The van der Waals surface area contributed by atoms with Crippen LogP contribution >= 0.6 is 0 Å². The molecule has 0 aromatic heterocycles. The van der Waals surface area contributed by atoms with Crippen LogP contribution in [0.4, 0.5) is 16.2 Å². The van der Waals surface area contributed by atoms with Crippen LogP contribution in [0.5, 0.6) is 0 Å². The number of anilines is 2. The summed E-state index contributed by atoms with van der Waals surface area (Å²) in [7, 11) is 0. The molecule has 2 amide bonds. The normalized spacial score (nSPS) is 17.9. The van der Waals surface area contributed by atoms with Crippen molar-refractivity contribution in [2.24, 2.45) is 0 Å². The molecule has 2 aromatic carbocycles. The van der Waals surface area contributed by atoms with Crippen molar-refractivity contribution in [2.75, 3.05) is 29.9 Å². The molecule has 1 heterocycles. The van der Waals surface area contributed by atoms with Crippen molar-refractivity contribution in [2.45, 2.75) is 19.9 Å². The van der Waals surface area contributed by atoms with Gasteiger partial charge in [0.15, 0.2) is 0 Å². The molecule has 1 N–H and O–H groups in total. The molecule has 23 heavy (non-hydrogen) atoms. The van der Waals surface area contributed by atoms with Crippen LogP contribution in [0.3, 0.4) is 0 Å². The van der Waals surface area contributed by atoms with Gasteiger partial charge in [0.25, 0.3) is 0 Å². The van der Waals surface area contributed by atoms with Crippen molar-refractivity contribution in [3.05, 3.63) is 60.2 Å². The number of hydrogen-bond donors (Lipinski definition) is 1. The highest BCUT2D eigenvalue weighted by atomic mass is 16.2. The molecule has 1 saturated heterocycles. The number of carbonyl (C=O) groups excluding carboxylic acids is 1. The summed E-state index contributed by atoms with van der Waals surface area (Å²) in [5.74, 6) is 0. The van der Waals surface area contributed by atoms with Crippen LogP contribution in [0.2, 0.25) is 0 Å². The van der Waals surface area contributed by atoms with Gasteiger partial charge >= 0.3 is 6.03 Å². The van der Waals surface area contributed by atoms with Crippen LogP contribution in [0, 0.1) is 6.92 Å². The zero-order chi connectivity index (χ0) is 16.2. The van der Waals surface area contributed by atoms with Gasteiger partial charge in [0.1, 0.15) is 0 Å². The number of piperazine rings is 1. The molecule has 120 valence electrons. The lowest BCUT2D eigenvalue weighted by Gasteiger charge is -2.41. The van der Waals surface area contributed by atoms with Crippen LogP contribution < -0.4 is 10.2 Å². The highest BCUT2D eigenvalue weighted by Crippen LogP contribution is 2.21. The Balaban J connectivity index is 1.61. The number of nitrogens with one attached hydrogen (secondary N) is 1. The van der Waals surface area contributed by atoms with Gasteiger partial charge in [0.05, 0.1) is 0 Å². The van der Waals surface area contributed by atoms with E-state index in [-0.39, 0.29) is 6.03 Å². The highest BCUT2D eigenvalue weighted by molar-refractivity contribution is 5.89. The summed E-state index contributed by atoms with van der Waals surface area (Å²) in [6.45, 7) is 6.58. The SMILES string of the molecule is Cc1ccc(N2CCN(C(=O)Nc3ccccc3)C[C@H]2C)cc1. The summed E-state index contributed by atoms with van der Waals surface area (Å²) in [5, 5.41) is 2.96. The van der Waals surface area contributed by atoms with Gasteiger partial charge in [-0.05, 0) is 38.1 Å². The fraction of sp³-hybridized carbons (Fsp3) is 0.316. The minimum absolute atomic E-state index is 0.0217. The molecular weight excluding hydrogens is 286 g/mol. The first-order chi connectivity index (χ1) is 11.1. The first-order valence-corrected chi connectivity index (χ1v) is 8.08. The third kappa shape index (κ3) is 3.65. The Hall–Kier alpha value is -2.49. The third-order valence-electron chi connectivity index (χ3n) is 4.31. The summed E-state index contributed by atoms with van der Waals surface area (Å²) in [4.78, 5) is 16.7. The smallest absolute Gasteiger partial charge is 0.321 e. The van der Waals surface area contributed by atoms with E-state index in [9.17, 15) is 4.79 Å². The van der Waals surface area contributed by atoms with E-state index in [0.717, 1.165) is 25.3 Å². The van der Waals surface area contributed by atoms with Gasteiger partial charge in [0.2, 0.25) is 0 Å². The van der Waals surface area contributed by atoms with Crippen LogP contribution in [0.1, 0.15) is 12.5 Å². The van der Waals surface area contributed by atoms with E-state index in [2.05, 4.69) is 48.3 Å². The Bertz CT molecular complexity index is 654. The van der Waals surface area contributed by atoms with E-state index in [1.54, 1.807) is 0 Å². The van der Waals surface area contributed by atoms with Crippen molar-refractivity contribution >= 4 is 17.4 Å². The fourth-order valence-corrected chi connectivity index (χ4v) is 2.99. The first kappa shape index (κ1) is 15.4. The molecule has 0 spiro atoms. The molecule has 4 heteroatoms. The van der Waals surface area contributed by atoms with Crippen molar-refractivity contribution in [3.63, 3.8) is 0 Å². The molecule has 1 atom stereocenters. The van der Waals surface area contributed by atoms with Crippen molar-refractivity contribution in [1.82, 2.24) is 4.90 Å². The molecule has 1 aliphatic rings. The zero-order valence-electron chi connectivity index (χ0n) is 13.7. The summed E-state index contributed by atoms with van der Waals surface area (Å²) in [5.41, 5.74) is 3.33. The number of amides is 2. The van der Waals surface area contributed by atoms with Gasteiger partial charge in [-0.25, -0.2) is 4.79 Å². The maximum absolute atomic E-state index is 12.4. The van der Waals surface area contributed by atoms with Gasteiger partial charge in [-0.2, -0.15) is 0 Å². The summed E-state index contributed by atoms with van der Waals surface area (Å²) in [6, 6.07) is 18.5. The molecule has 0 unspecified atom stereocenters. The Morgan fingerprint density at radius 1 is 1.04 bits per heavy atom. The van der Waals surface area contributed by atoms with E-state index in [1.807, 2.05) is 35.2 Å². The van der Waals surface area contributed by atoms with Crippen molar-refractivity contribution < 1.29 is 4.79 Å². The van der Waals surface area contributed by atoms with Crippen molar-refractivity contribution in [3.8, 4) is 0 Å². The van der Waals surface area contributed by atoms with Gasteiger partial charge in [-0.15, -0.1) is 0 Å². The predicted molar refractivity (Wildman–Crippen MR) is 95.0 cm³/mol. The van der Waals surface area contributed by atoms with Gasteiger partial charge in [0, 0.05) is 37.1 Å². The average molecular weight is 309 g/mol. The fourth-order valence-electron chi connectivity index (χ4n) is 2.99. The minimum Gasteiger partial charge on any atom is -0.365 e. The molecule has 0 radical (unpaired) electrons. The number of hydrogen-bond acceptors (Lipinski definition) is 2. The number of rotatable bonds is 2. The number of benzene rings is 2. The Kier molecular flexibility index (Phi) is 4.51. The van der Waals surface area contributed by atoms with Crippen LogP contribution in [0.25, 0.3) is 0 Å². The van der Waals surface area contributed by atoms with Gasteiger partial charge in [-0.1, -0.05) is 35.9 Å². The Labute approximate surface area is 137 Å². The van der Waals surface area contributed by atoms with Gasteiger partial charge < -0.3 is 15.1 Å². The van der Waals surface area contributed by atoms with Crippen LogP contribution in [0.15, 0.2) is 54.6 Å². The van der Waals surface area contributed by atoms with Crippen LogP contribution in [-0.4, -0.2) is 36.6 Å². The Morgan fingerprint density at radius 3 is 2.39 bits per heavy atom. The lowest BCUT2D eigenvalue weighted by Crippen LogP contribution is -2.54. The Morgan fingerprint density at radius 2 is 1.74 bits per heavy atom. The van der Waals surface area contributed by atoms with E-state index in [0.29, 0.717) is 6.04 Å². The number of urea groups is 1. The van der Waals surface area contributed by atoms with E-state index in [4.69, 9.17) is 0 Å². The second kappa shape index (κ2) is 6.73. The maximum atomic E-state index is 12.4. The summed E-state index contributed by atoms with van der Waals surface area (Å²) >= 11 is 0. The molecule has 3 rings (SSSR count). The first-order valence-electron chi connectivity index (χ1n) is 8.08. The quantitative estimate of drug-likeness (QED) is 0.917. The number of aryl methyl sites for hydroxylation is 1. The second-order valence-electron chi connectivity index (χ2n) is 6.12. The second-order valence-corrected chi connectivity index (χ2v) is 6.12. The molecule has 1 aliphatic heterocycles. The summed E-state index contributed by atoms with van der Waals surface area (Å²) in [6.07, 6.45) is 0. The highest BCUT2D eigenvalue weighted by Gasteiger charge is 2.26. The van der Waals surface area contributed by atoms with E-state index in [1.165, 1.54) is 11.3 Å². The molecule has 2 aromatic rings. The molecule has 0 saturated carbocycles. The number of carbonyl (C=O) groups is 1. The van der Waals surface area contributed by atoms with E-state index >= 15 is 0 Å². The maximum Gasteiger partial charge on any atom is 0.321 e. The van der Waals surface area contributed by atoms with Crippen LogP contribution in [-0.2, 0) is 0 Å². The van der Waals surface area contributed by atoms with Crippen molar-refractivity contribution in [1.29, 1.82) is 0 Å². The molecular formula is C19H23N3O. The van der Waals surface area contributed by atoms with E-state index < -0.39 is 0 Å². The zero-order valence-corrected chi connectivity index (χ0v) is 13.7.